The van der Waals surface area contributed by atoms with E-state index in [-0.39, 0.29) is 11.1 Å². The van der Waals surface area contributed by atoms with E-state index in [9.17, 15) is 9.59 Å². The molecule has 8 heteroatoms. The third-order valence-corrected chi connectivity index (χ3v) is 5.28. The van der Waals surface area contributed by atoms with Gasteiger partial charge in [-0.2, -0.15) is 0 Å². The van der Waals surface area contributed by atoms with Crippen molar-refractivity contribution in [2.75, 3.05) is 38.6 Å². The monoisotopic (exact) mass is 361 g/mol. The zero-order valence-corrected chi connectivity index (χ0v) is 15.4. The fraction of sp³-hybridized carbons (Fsp3) is 0.529. The van der Waals surface area contributed by atoms with Gasteiger partial charge in [-0.1, -0.05) is 0 Å². The van der Waals surface area contributed by atoms with Gasteiger partial charge in [0.2, 0.25) is 5.95 Å². The van der Waals surface area contributed by atoms with Crippen LogP contribution in [0.4, 0.5) is 10.7 Å². The molecule has 0 unspecified atom stereocenters. The molecule has 2 aliphatic heterocycles. The predicted molar refractivity (Wildman–Crippen MR) is 99.2 cm³/mol. The Morgan fingerprint density at radius 2 is 2.12 bits per heavy atom. The van der Waals surface area contributed by atoms with Crippen molar-refractivity contribution >= 4 is 34.9 Å². The van der Waals surface area contributed by atoms with Crippen molar-refractivity contribution < 1.29 is 9.59 Å². The first-order valence-electron chi connectivity index (χ1n) is 8.49. The van der Waals surface area contributed by atoms with Crippen molar-refractivity contribution in [1.29, 1.82) is 0 Å². The Kier molecular flexibility index (Phi) is 5.70. The molecular weight excluding hydrogens is 338 g/mol. The summed E-state index contributed by atoms with van der Waals surface area (Å²) in [6.07, 6.45) is 6.87. The SMILES string of the molecule is CN(C)CCC1CCN(c2nccc(/C=C3\SC(=O)NC3=O)n2)CC1. The van der Waals surface area contributed by atoms with Crippen LogP contribution in [0.5, 0.6) is 0 Å². The molecule has 2 saturated heterocycles. The lowest BCUT2D eigenvalue weighted by atomic mass is 9.93. The van der Waals surface area contributed by atoms with Crippen LogP contribution in [0.3, 0.4) is 0 Å². The van der Waals surface area contributed by atoms with Crippen LogP contribution in [-0.4, -0.2) is 59.7 Å². The summed E-state index contributed by atoms with van der Waals surface area (Å²) in [6.45, 7) is 3.03. The summed E-state index contributed by atoms with van der Waals surface area (Å²) < 4.78 is 0. The van der Waals surface area contributed by atoms with E-state index in [1.54, 1.807) is 18.3 Å². The van der Waals surface area contributed by atoms with E-state index in [2.05, 4.69) is 39.2 Å². The van der Waals surface area contributed by atoms with E-state index in [0.717, 1.165) is 50.2 Å². The first kappa shape index (κ1) is 17.9. The molecule has 0 bridgehead atoms. The third kappa shape index (κ3) is 4.79. The fourth-order valence-electron chi connectivity index (χ4n) is 3.01. The van der Waals surface area contributed by atoms with E-state index in [0.29, 0.717) is 16.5 Å². The van der Waals surface area contributed by atoms with Crippen LogP contribution in [0.1, 0.15) is 25.0 Å². The second kappa shape index (κ2) is 7.97. The molecule has 0 aliphatic carbocycles. The van der Waals surface area contributed by atoms with Crippen molar-refractivity contribution in [1.82, 2.24) is 20.2 Å². The van der Waals surface area contributed by atoms with Gasteiger partial charge in [-0.15, -0.1) is 0 Å². The average molecular weight is 361 g/mol. The number of thioether (sulfide) groups is 1. The van der Waals surface area contributed by atoms with Gasteiger partial charge >= 0.3 is 0 Å². The number of hydrogen-bond acceptors (Lipinski definition) is 7. The van der Waals surface area contributed by atoms with Crippen molar-refractivity contribution in [2.45, 2.75) is 19.3 Å². The zero-order chi connectivity index (χ0) is 17.8. The van der Waals surface area contributed by atoms with E-state index < -0.39 is 0 Å². The van der Waals surface area contributed by atoms with Gasteiger partial charge in [0.05, 0.1) is 10.6 Å². The number of imide groups is 1. The van der Waals surface area contributed by atoms with E-state index in [4.69, 9.17) is 0 Å². The van der Waals surface area contributed by atoms with Gasteiger partial charge in [-0.05, 0) is 69.7 Å². The number of amides is 2. The van der Waals surface area contributed by atoms with E-state index in [1.165, 1.54) is 6.42 Å². The molecule has 0 saturated carbocycles. The highest BCUT2D eigenvalue weighted by atomic mass is 32.2. The quantitative estimate of drug-likeness (QED) is 0.803. The highest BCUT2D eigenvalue weighted by molar-refractivity contribution is 8.18. The largest absolute Gasteiger partial charge is 0.341 e. The van der Waals surface area contributed by atoms with Gasteiger partial charge in [0, 0.05) is 19.3 Å². The van der Waals surface area contributed by atoms with Crippen LogP contribution >= 0.6 is 11.8 Å². The molecule has 7 nitrogen and oxygen atoms in total. The minimum absolute atomic E-state index is 0.342. The molecule has 0 atom stereocenters. The van der Waals surface area contributed by atoms with Crippen LogP contribution in [-0.2, 0) is 4.79 Å². The molecule has 2 amide bonds. The first-order chi connectivity index (χ1) is 12.0. The highest BCUT2D eigenvalue weighted by Crippen LogP contribution is 2.26. The topological polar surface area (TPSA) is 78.4 Å². The lowest BCUT2D eigenvalue weighted by Crippen LogP contribution is -2.35. The normalized spacial score (nSPS) is 20.6. The van der Waals surface area contributed by atoms with E-state index >= 15 is 0 Å². The molecule has 1 N–H and O–H groups in total. The van der Waals surface area contributed by atoms with Crippen LogP contribution in [0, 0.1) is 5.92 Å². The van der Waals surface area contributed by atoms with Crippen LogP contribution in [0.2, 0.25) is 0 Å². The summed E-state index contributed by atoms with van der Waals surface area (Å²) in [7, 11) is 4.22. The fourth-order valence-corrected chi connectivity index (χ4v) is 3.68. The first-order valence-corrected chi connectivity index (χ1v) is 9.30. The maximum atomic E-state index is 11.6. The summed E-state index contributed by atoms with van der Waals surface area (Å²) in [6, 6.07) is 1.75. The smallest absolute Gasteiger partial charge is 0.290 e. The van der Waals surface area contributed by atoms with Crippen molar-refractivity contribution in [3.8, 4) is 0 Å². The number of nitrogens with one attached hydrogen (secondary N) is 1. The van der Waals surface area contributed by atoms with Gasteiger partial charge in [-0.25, -0.2) is 9.97 Å². The molecule has 134 valence electrons. The Balaban J connectivity index is 1.62. The Morgan fingerprint density at radius 1 is 1.36 bits per heavy atom. The number of piperidine rings is 1. The Labute approximate surface area is 151 Å². The molecule has 2 fully saturated rings. The van der Waals surface area contributed by atoms with Gasteiger partial charge < -0.3 is 9.80 Å². The Bertz CT molecular complexity index is 683. The van der Waals surface area contributed by atoms with Crippen molar-refractivity contribution in [3.05, 3.63) is 22.9 Å². The minimum atomic E-state index is -0.364. The molecule has 0 radical (unpaired) electrons. The van der Waals surface area contributed by atoms with Crippen LogP contribution < -0.4 is 10.2 Å². The number of hydrogen-bond donors (Lipinski definition) is 1. The summed E-state index contributed by atoms with van der Waals surface area (Å²) in [5.41, 5.74) is 0.645. The highest BCUT2D eigenvalue weighted by Gasteiger charge is 2.25. The van der Waals surface area contributed by atoms with Crippen LogP contribution in [0.15, 0.2) is 17.2 Å². The number of nitrogens with zero attached hydrogens (tertiary/aromatic N) is 4. The Morgan fingerprint density at radius 3 is 2.76 bits per heavy atom. The number of anilines is 1. The molecule has 3 heterocycles. The summed E-state index contributed by atoms with van der Waals surface area (Å²) in [4.78, 5) is 36.6. The number of aromatic nitrogens is 2. The van der Waals surface area contributed by atoms with Crippen molar-refractivity contribution in [2.24, 2.45) is 5.92 Å². The minimum Gasteiger partial charge on any atom is -0.341 e. The molecule has 3 rings (SSSR count). The van der Waals surface area contributed by atoms with Crippen molar-refractivity contribution in [3.63, 3.8) is 0 Å². The maximum absolute atomic E-state index is 11.6. The van der Waals surface area contributed by atoms with Gasteiger partial charge in [0.15, 0.2) is 0 Å². The number of rotatable bonds is 5. The predicted octanol–water partition coefficient (Wildman–Crippen LogP) is 1.97. The Hall–Kier alpha value is -1.93. The molecule has 0 spiro atoms. The molecular formula is C17H23N5O2S. The van der Waals surface area contributed by atoms with Gasteiger partial charge in [0.25, 0.3) is 11.1 Å². The second-order valence-corrected chi connectivity index (χ2v) is 7.67. The molecule has 1 aromatic rings. The molecule has 2 aliphatic rings. The molecule has 1 aromatic heterocycles. The summed E-state index contributed by atoms with van der Waals surface area (Å²) >= 11 is 0.902. The lowest BCUT2D eigenvalue weighted by Gasteiger charge is -2.32. The number of carbonyl (C=O) groups excluding carboxylic acids is 2. The number of carbonyl (C=O) groups is 2. The molecule has 0 aromatic carbocycles. The zero-order valence-electron chi connectivity index (χ0n) is 14.6. The second-order valence-electron chi connectivity index (χ2n) is 6.66. The summed E-state index contributed by atoms with van der Waals surface area (Å²) in [5.74, 6) is 1.08. The van der Waals surface area contributed by atoms with E-state index in [1.807, 2.05) is 0 Å². The average Bonchev–Trinajstić information content (AvgIpc) is 2.91. The molecule has 25 heavy (non-hydrogen) atoms. The lowest BCUT2D eigenvalue weighted by molar-refractivity contribution is -0.115. The van der Waals surface area contributed by atoms with Gasteiger partial charge in [0.1, 0.15) is 0 Å². The maximum Gasteiger partial charge on any atom is 0.290 e. The van der Waals surface area contributed by atoms with Gasteiger partial charge in [-0.3, -0.25) is 14.9 Å². The standard InChI is InChI=1S/C17H23N5O2S/c1-21(2)8-4-12-5-9-22(10-6-12)16-18-7-3-13(19-16)11-14-15(23)20-17(24)25-14/h3,7,11-12H,4-6,8-10H2,1-2H3,(H,20,23,24)/b14-11-. The van der Waals surface area contributed by atoms with Crippen LogP contribution in [0.25, 0.3) is 6.08 Å². The summed E-state index contributed by atoms with van der Waals surface area (Å²) in [5, 5.41) is 1.91. The third-order valence-electron chi connectivity index (χ3n) is 4.47.